The van der Waals surface area contributed by atoms with E-state index >= 15 is 0 Å². The fourth-order valence-electron chi connectivity index (χ4n) is 4.57. The van der Waals surface area contributed by atoms with E-state index in [4.69, 9.17) is 0 Å². The summed E-state index contributed by atoms with van der Waals surface area (Å²) < 4.78 is 0. The molecule has 2 heterocycles. The number of hydrogen-bond donors (Lipinski definition) is 1. The highest BCUT2D eigenvalue weighted by Gasteiger charge is 2.31. The molecule has 29 heavy (non-hydrogen) atoms. The third-order valence-corrected chi connectivity index (χ3v) is 6.55. The van der Waals surface area contributed by atoms with E-state index in [9.17, 15) is 9.59 Å². The molecule has 2 aliphatic rings. The smallest absolute Gasteiger partial charge is 0.227 e. The molecule has 1 aromatic rings. The average molecular weight is 400 g/mol. The van der Waals surface area contributed by atoms with Crippen molar-refractivity contribution in [1.29, 1.82) is 0 Å². The minimum atomic E-state index is 0.104. The van der Waals surface area contributed by atoms with Crippen LogP contribution in [0.5, 0.6) is 0 Å². The molecule has 3 rings (SSSR count). The number of amides is 2. The first-order valence-corrected chi connectivity index (χ1v) is 11.5. The molecular formula is C24H37N3O2. The topological polar surface area (TPSA) is 52.7 Å². The Kier molecular flexibility index (Phi) is 8.10. The quantitative estimate of drug-likeness (QED) is 0.699. The Morgan fingerprint density at radius 3 is 2.24 bits per heavy atom. The molecule has 0 spiro atoms. The van der Waals surface area contributed by atoms with Crippen LogP contribution in [-0.2, 0) is 9.59 Å². The van der Waals surface area contributed by atoms with Crippen molar-refractivity contribution in [2.75, 3.05) is 31.5 Å². The molecule has 1 aromatic carbocycles. The highest BCUT2D eigenvalue weighted by molar-refractivity contribution is 5.92. The maximum absolute atomic E-state index is 12.6. The maximum atomic E-state index is 12.6. The molecule has 0 atom stereocenters. The number of carbonyl (C=O) groups excluding carboxylic acids is 2. The summed E-state index contributed by atoms with van der Waals surface area (Å²) in [5, 5.41) is 3.07. The minimum Gasteiger partial charge on any atom is -0.343 e. The number of benzene rings is 1. The number of carbonyl (C=O) groups is 2. The van der Waals surface area contributed by atoms with Gasteiger partial charge in [-0.1, -0.05) is 37.5 Å². The number of unbranched alkanes of at least 4 members (excludes halogenated alkanes) is 2. The lowest BCUT2D eigenvalue weighted by molar-refractivity contribution is -0.133. The number of likely N-dealkylation sites (tertiary alicyclic amines) is 2. The van der Waals surface area contributed by atoms with Gasteiger partial charge in [-0.15, -0.1) is 0 Å². The number of aryl methyl sites for hydroxylation is 1. The first-order valence-electron chi connectivity index (χ1n) is 11.5. The van der Waals surface area contributed by atoms with Crippen LogP contribution in [0.25, 0.3) is 0 Å². The second-order valence-electron chi connectivity index (χ2n) is 8.73. The van der Waals surface area contributed by atoms with Crippen LogP contribution in [-0.4, -0.2) is 53.8 Å². The zero-order chi connectivity index (χ0) is 20.6. The second kappa shape index (κ2) is 10.8. The van der Waals surface area contributed by atoms with Crippen molar-refractivity contribution in [2.24, 2.45) is 5.92 Å². The maximum Gasteiger partial charge on any atom is 0.227 e. The molecule has 2 amide bonds. The SMILES string of the molecule is CCCCCC(=O)N1CCC(N2CCC(C(=O)Nc3ccc(C)cc3)CC2)CC1. The van der Waals surface area contributed by atoms with Crippen molar-refractivity contribution in [1.82, 2.24) is 9.80 Å². The third kappa shape index (κ3) is 6.30. The molecule has 0 aliphatic carbocycles. The van der Waals surface area contributed by atoms with E-state index in [-0.39, 0.29) is 11.8 Å². The van der Waals surface area contributed by atoms with Gasteiger partial charge in [-0.3, -0.25) is 9.59 Å². The van der Waals surface area contributed by atoms with E-state index in [1.807, 2.05) is 31.2 Å². The molecule has 2 fully saturated rings. The van der Waals surface area contributed by atoms with E-state index in [0.29, 0.717) is 18.4 Å². The molecular weight excluding hydrogens is 362 g/mol. The van der Waals surface area contributed by atoms with E-state index in [1.54, 1.807) is 0 Å². The Morgan fingerprint density at radius 1 is 0.966 bits per heavy atom. The minimum absolute atomic E-state index is 0.104. The van der Waals surface area contributed by atoms with Crippen LogP contribution in [0.4, 0.5) is 5.69 Å². The van der Waals surface area contributed by atoms with Gasteiger partial charge in [0.1, 0.15) is 0 Å². The van der Waals surface area contributed by atoms with Crippen molar-refractivity contribution in [3.05, 3.63) is 29.8 Å². The molecule has 0 radical (unpaired) electrons. The van der Waals surface area contributed by atoms with Crippen LogP contribution in [0, 0.1) is 12.8 Å². The normalized spacial score (nSPS) is 19.3. The van der Waals surface area contributed by atoms with E-state index in [2.05, 4.69) is 22.0 Å². The number of hydrogen-bond acceptors (Lipinski definition) is 3. The van der Waals surface area contributed by atoms with Gasteiger partial charge in [0.25, 0.3) is 0 Å². The van der Waals surface area contributed by atoms with Gasteiger partial charge in [-0.2, -0.15) is 0 Å². The van der Waals surface area contributed by atoms with Crippen LogP contribution in [0.1, 0.15) is 63.9 Å². The summed E-state index contributed by atoms with van der Waals surface area (Å²) >= 11 is 0. The first kappa shape index (κ1) is 21.8. The van der Waals surface area contributed by atoms with Gasteiger partial charge >= 0.3 is 0 Å². The number of nitrogens with one attached hydrogen (secondary N) is 1. The Balaban J connectivity index is 1.38. The number of piperidine rings is 2. The van der Waals surface area contributed by atoms with Gasteiger partial charge in [-0.05, 0) is 64.3 Å². The van der Waals surface area contributed by atoms with Crippen LogP contribution in [0.2, 0.25) is 0 Å². The van der Waals surface area contributed by atoms with Gasteiger partial charge in [0.15, 0.2) is 0 Å². The second-order valence-corrected chi connectivity index (χ2v) is 8.73. The van der Waals surface area contributed by atoms with E-state index < -0.39 is 0 Å². The fourth-order valence-corrected chi connectivity index (χ4v) is 4.57. The summed E-state index contributed by atoms with van der Waals surface area (Å²) in [7, 11) is 0. The summed E-state index contributed by atoms with van der Waals surface area (Å²) in [4.78, 5) is 29.5. The molecule has 2 aliphatic heterocycles. The molecule has 2 saturated heterocycles. The van der Waals surface area contributed by atoms with Crippen LogP contribution in [0.15, 0.2) is 24.3 Å². The molecule has 0 bridgehead atoms. The number of anilines is 1. The molecule has 0 unspecified atom stereocenters. The standard InChI is InChI=1S/C24H37N3O2/c1-3-4-5-6-23(28)27-17-13-22(14-18-27)26-15-11-20(12-16-26)24(29)25-21-9-7-19(2)8-10-21/h7-10,20,22H,3-6,11-18H2,1-2H3,(H,25,29). The summed E-state index contributed by atoms with van der Waals surface area (Å²) in [6.45, 7) is 7.98. The zero-order valence-electron chi connectivity index (χ0n) is 18.2. The Bertz CT molecular complexity index is 657. The van der Waals surface area contributed by atoms with Crippen molar-refractivity contribution < 1.29 is 9.59 Å². The molecule has 5 nitrogen and oxygen atoms in total. The molecule has 0 saturated carbocycles. The summed E-state index contributed by atoms with van der Waals surface area (Å²) in [6, 6.07) is 8.56. The van der Waals surface area contributed by atoms with Gasteiger partial charge in [0.2, 0.25) is 11.8 Å². The number of nitrogens with zero attached hydrogens (tertiary/aromatic N) is 2. The van der Waals surface area contributed by atoms with Crippen molar-refractivity contribution >= 4 is 17.5 Å². The molecule has 0 aromatic heterocycles. The molecule has 1 N–H and O–H groups in total. The van der Waals surface area contributed by atoms with Crippen LogP contribution >= 0.6 is 0 Å². The summed E-state index contributed by atoms with van der Waals surface area (Å²) in [6.07, 6.45) is 8.03. The predicted molar refractivity (Wildman–Crippen MR) is 118 cm³/mol. The van der Waals surface area contributed by atoms with Crippen LogP contribution in [0.3, 0.4) is 0 Å². The van der Waals surface area contributed by atoms with Crippen molar-refractivity contribution in [3.63, 3.8) is 0 Å². The highest BCUT2D eigenvalue weighted by atomic mass is 16.2. The Hall–Kier alpha value is -1.88. The third-order valence-electron chi connectivity index (χ3n) is 6.55. The summed E-state index contributed by atoms with van der Waals surface area (Å²) in [5.41, 5.74) is 2.09. The predicted octanol–water partition coefficient (Wildman–Crippen LogP) is 4.22. The monoisotopic (exact) mass is 399 g/mol. The highest BCUT2D eigenvalue weighted by Crippen LogP contribution is 2.25. The van der Waals surface area contributed by atoms with Crippen molar-refractivity contribution in [3.8, 4) is 0 Å². The average Bonchev–Trinajstić information content (AvgIpc) is 2.75. The largest absolute Gasteiger partial charge is 0.343 e. The van der Waals surface area contributed by atoms with Crippen LogP contribution < -0.4 is 5.32 Å². The number of rotatable bonds is 7. The lowest BCUT2D eigenvalue weighted by atomic mass is 9.92. The molecule has 160 valence electrons. The summed E-state index contributed by atoms with van der Waals surface area (Å²) in [5.74, 6) is 0.595. The zero-order valence-corrected chi connectivity index (χ0v) is 18.2. The lowest BCUT2D eigenvalue weighted by Gasteiger charge is -2.41. The van der Waals surface area contributed by atoms with Gasteiger partial charge in [-0.25, -0.2) is 0 Å². The van der Waals surface area contributed by atoms with Crippen molar-refractivity contribution in [2.45, 2.75) is 71.3 Å². The van der Waals surface area contributed by atoms with Gasteiger partial charge in [0, 0.05) is 37.2 Å². The molecule has 5 heteroatoms. The van der Waals surface area contributed by atoms with Gasteiger partial charge in [0.05, 0.1) is 0 Å². The lowest BCUT2D eigenvalue weighted by Crippen LogP contribution is -2.49. The van der Waals surface area contributed by atoms with E-state index in [1.165, 1.54) is 5.56 Å². The fraction of sp³-hybridized carbons (Fsp3) is 0.667. The first-order chi connectivity index (χ1) is 14.1. The van der Waals surface area contributed by atoms with E-state index in [0.717, 1.165) is 76.8 Å². The Morgan fingerprint density at radius 2 is 1.62 bits per heavy atom. The Labute approximate surface area is 175 Å². The van der Waals surface area contributed by atoms with Gasteiger partial charge < -0.3 is 15.1 Å².